The molecule has 3 fully saturated rings. The highest BCUT2D eigenvalue weighted by Crippen LogP contribution is 2.34. The molecule has 1 aromatic carbocycles. The smallest absolute Gasteiger partial charge is 0.256 e. The highest BCUT2D eigenvalue weighted by molar-refractivity contribution is 6.32. The van der Waals surface area contributed by atoms with Gasteiger partial charge in [-0.05, 0) is 56.2 Å². The Balaban J connectivity index is 0.000000677. The number of benzene rings is 1. The fourth-order valence-corrected chi connectivity index (χ4v) is 5.86. The van der Waals surface area contributed by atoms with Gasteiger partial charge in [-0.3, -0.25) is 9.67 Å². The van der Waals surface area contributed by atoms with Crippen LogP contribution in [-0.4, -0.2) is 91.2 Å². The fraction of sp³-hybridized carbons (Fsp3) is 0.559. The molecule has 6 rings (SSSR count). The summed E-state index contributed by atoms with van der Waals surface area (Å²) in [6, 6.07) is 5.98. The molecule has 260 valence electrons. The van der Waals surface area contributed by atoms with Crippen molar-refractivity contribution in [3.8, 4) is 22.8 Å². The third-order valence-corrected chi connectivity index (χ3v) is 8.69. The predicted octanol–water partition coefficient (Wildman–Crippen LogP) is 5.44. The van der Waals surface area contributed by atoms with Crippen molar-refractivity contribution >= 4 is 35.9 Å². The molecule has 48 heavy (non-hydrogen) atoms. The maximum atomic E-state index is 6.40. The van der Waals surface area contributed by atoms with Crippen molar-refractivity contribution in [2.24, 2.45) is 21.6 Å². The molecule has 4 heterocycles. The quantitative estimate of drug-likeness (QED) is 0.166. The molecule has 1 atom stereocenters. The average Bonchev–Trinajstić information content (AvgIpc) is 3.54. The molecule has 2 aliphatic heterocycles. The van der Waals surface area contributed by atoms with E-state index in [1.54, 1.807) is 18.5 Å². The van der Waals surface area contributed by atoms with Crippen LogP contribution < -0.4 is 25.8 Å². The van der Waals surface area contributed by atoms with Crippen LogP contribution >= 0.6 is 11.6 Å². The first kappa shape index (κ1) is 35.5. The van der Waals surface area contributed by atoms with Crippen LogP contribution in [0.25, 0.3) is 11.1 Å². The molecular weight excluding hydrogens is 634 g/mol. The highest BCUT2D eigenvalue weighted by atomic mass is 35.5. The molecule has 3 aliphatic rings. The lowest BCUT2D eigenvalue weighted by Gasteiger charge is -2.22. The summed E-state index contributed by atoms with van der Waals surface area (Å²) in [4.78, 5) is 17.1. The second kappa shape index (κ2) is 19.3. The third-order valence-electron chi connectivity index (χ3n) is 8.38. The molecular formula is C34H48ClN9O4. The van der Waals surface area contributed by atoms with Crippen molar-refractivity contribution < 1.29 is 18.9 Å². The summed E-state index contributed by atoms with van der Waals surface area (Å²) in [6.07, 6.45) is 16.0. The van der Waals surface area contributed by atoms with Gasteiger partial charge < -0.3 is 35.3 Å². The molecule has 14 heteroatoms. The van der Waals surface area contributed by atoms with Crippen molar-refractivity contribution in [3.05, 3.63) is 41.8 Å². The van der Waals surface area contributed by atoms with Crippen LogP contribution in [0.5, 0.6) is 11.6 Å². The Morgan fingerprint density at radius 2 is 1.81 bits per heavy atom. The second-order valence-corrected chi connectivity index (χ2v) is 12.5. The first-order chi connectivity index (χ1) is 23.6. The Hall–Kier alpha value is -3.78. The lowest BCUT2D eigenvalue weighted by Crippen LogP contribution is -2.30. The van der Waals surface area contributed by atoms with Gasteiger partial charge in [-0.1, -0.05) is 36.9 Å². The van der Waals surface area contributed by atoms with E-state index in [2.05, 4.69) is 35.3 Å². The number of aromatic nitrogens is 4. The van der Waals surface area contributed by atoms with E-state index in [0.717, 1.165) is 82.0 Å². The molecule has 0 bridgehead atoms. The number of morpholine rings is 1. The van der Waals surface area contributed by atoms with Gasteiger partial charge in [-0.25, -0.2) is 15.0 Å². The Bertz CT molecular complexity index is 1430. The van der Waals surface area contributed by atoms with Gasteiger partial charge >= 0.3 is 0 Å². The molecule has 0 spiro atoms. The van der Waals surface area contributed by atoms with Crippen LogP contribution in [0.4, 0.5) is 11.6 Å². The van der Waals surface area contributed by atoms with E-state index < -0.39 is 0 Å². The minimum atomic E-state index is -0.206. The molecule has 2 aromatic heterocycles. The first-order valence-corrected chi connectivity index (χ1v) is 17.3. The van der Waals surface area contributed by atoms with E-state index in [-0.39, 0.29) is 6.10 Å². The number of nitrogens with one attached hydrogen (secondary N) is 2. The summed E-state index contributed by atoms with van der Waals surface area (Å²) >= 11 is 6.40. The van der Waals surface area contributed by atoms with Gasteiger partial charge in [0.25, 0.3) is 5.88 Å². The van der Waals surface area contributed by atoms with Crippen LogP contribution in [0, 0.1) is 5.92 Å². The maximum Gasteiger partial charge on any atom is 0.256 e. The standard InChI is InChI=1S/C30H39ClN8O3.C4H9NO/c1-21(14-33-20-34-19-32)42-28-13-23(7-8-26(28)31)24-15-35-30(36-16-24)37-27-17-39(25-5-3-2-4-6-25)38-29(27)41-18-22-9-11-40-12-10-22;1-3-6-4-2-5-1/h7-8,13,15-17,19-22,25H,2-6,9-12,14,18H2,1H3,(H2,32,33,34)(H,35,36,37);5H,1-4H2/t21-;/m0./s1. The summed E-state index contributed by atoms with van der Waals surface area (Å²) in [5, 5.41) is 11.9. The lowest BCUT2D eigenvalue weighted by atomic mass is 9.96. The number of anilines is 2. The Labute approximate surface area is 287 Å². The second-order valence-electron chi connectivity index (χ2n) is 12.1. The number of nitrogens with zero attached hydrogens (tertiary/aromatic N) is 6. The van der Waals surface area contributed by atoms with Crippen molar-refractivity contribution in [1.29, 1.82) is 0 Å². The van der Waals surface area contributed by atoms with Crippen LogP contribution in [0.3, 0.4) is 0 Å². The summed E-state index contributed by atoms with van der Waals surface area (Å²) in [5.74, 6) is 2.08. The van der Waals surface area contributed by atoms with E-state index in [4.69, 9.17) is 41.4 Å². The zero-order chi connectivity index (χ0) is 33.4. The number of aliphatic imine (C=N–C) groups is 2. The topological polar surface area (TPSA) is 155 Å². The SMILES string of the molecule is C1COCCN1.C[C@@H](CN=CN=CN)Oc1cc(-c2cnc(Nc3cn(C4CCCCC4)nc3OCC3CCOCC3)nc2)ccc1Cl. The molecule has 3 aromatic rings. The highest BCUT2D eigenvalue weighted by Gasteiger charge is 2.22. The lowest BCUT2D eigenvalue weighted by molar-refractivity contribution is 0.0490. The Morgan fingerprint density at radius 1 is 1.06 bits per heavy atom. The molecule has 0 radical (unpaired) electrons. The van der Waals surface area contributed by atoms with Crippen LogP contribution in [0.15, 0.2) is 46.8 Å². The van der Waals surface area contributed by atoms with Crippen LogP contribution in [0.1, 0.15) is 57.9 Å². The molecule has 2 saturated heterocycles. The molecule has 0 amide bonds. The van der Waals surface area contributed by atoms with E-state index in [1.165, 1.54) is 31.9 Å². The van der Waals surface area contributed by atoms with Crippen molar-refractivity contribution in [2.45, 2.75) is 64.0 Å². The summed E-state index contributed by atoms with van der Waals surface area (Å²) in [5.41, 5.74) is 7.71. The van der Waals surface area contributed by atoms with E-state index in [1.807, 2.05) is 25.3 Å². The zero-order valence-electron chi connectivity index (χ0n) is 27.7. The summed E-state index contributed by atoms with van der Waals surface area (Å²) in [7, 11) is 0. The monoisotopic (exact) mass is 681 g/mol. The van der Waals surface area contributed by atoms with Crippen molar-refractivity contribution in [2.75, 3.05) is 58.0 Å². The molecule has 13 nitrogen and oxygen atoms in total. The van der Waals surface area contributed by atoms with Crippen LogP contribution in [0.2, 0.25) is 5.02 Å². The minimum absolute atomic E-state index is 0.206. The van der Waals surface area contributed by atoms with Gasteiger partial charge in [-0.2, -0.15) is 0 Å². The number of halogens is 1. The van der Waals surface area contributed by atoms with Crippen molar-refractivity contribution in [1.82, 2.24) is 25.1 Å². The van der Waals surface area contributed by atoms with Crippen molar-refractivity contribution in [3.63, 3.8) is 0 Å². The largest absolute Gasteiger partial charge is 0.487 e. The van der Waals surface area contributed by atoms with Gasteiger partial charge in [0.15, 0.2) is 0 Å². The number of ether oxygens (including phenoxy) is 4. The Kier molecular flexibility index (Phi) is 14.3. The number of hydrogen-bond donors (Lipinski definition) is 3. The van der Waals surface area contributed by atoms with Gasteiger partial charge in [0.05, 0.1) is 50.0 Å². The normalized spacial score (nSPS) is 18.4. The van der Waals surface area contributed by atoms with Gasteiger partial charge in [-0.15, -0.1) is 5.10 Å². The zero-order valence-corrected chi connectivity index (χ0v) is 28.5. The number of nitrogens with two attached hydrogens (primary N) is 1. The summed E-state index contributed by atoms with van der Waals surface area (Å²) in [6.45, 7) is 8.35. The molecule has 4 N–H and O–H groups in total. The van der Waals surface area contributed by atoms with Gasteiger partial charge in [0.2, 0.25) is 5.95 Å². The number of hydrogen-bond acceptors (Lipinski definition) is 10. The maximum absolute atomic E-state index is 6.40. The Morgan fingerprint density at radius 3 is 2.50 bits per heavy atom. The predicted molar refractivity (Wildman–Crippen MR) is 189 cm³/mol. The summed E-state index contributed by atoms with van der Waals surface area (Å²) < 4.78 is 24.8. The average molecular weight is 682 g/mol. The number of rotatable bonds is 12. The van der Waals surface area contributed by atoms with Gasteiger partial charge in [0, 0.05) is 44.3 Å². The van der Waals surface area contributed by atoms with E-state index in [9.17, 15) is 0 Å². The third kappa shape index (κ3) is 11.1. The molecule has 1 saturated carbocycles. The fourth-order valence-electron chi connectivity index (χ4n) is 5.70. The van der Waals surface area contributed by atoms with Crippen LogP contribution in [-0.2, 0) is 9.47 Å². The van der Waals surface area contributed by atoms with Gasteiger partial charge in [0.1, 0.15) is 23.9 Å². The minimum Gasteiger partial charge on any atom is -0.487 e. The van der Waals surface area contributed by atoms with E-state index in [0.29, 0.717) is 47.7 Å². The molecule has 1 aliphatic carbocycles. The first-order valence-electron chi connectivity index (χ1n) is 16.9. The molecule has 0 unspecified atom stereocenters. The van der Waals surface area contributed by atoms with E-state index >= 15 is 0 Å².